The quantitative estimate of drug-likeness (QED) is 0.653. The lowest BCUT2D eigenvalue weighted by Gasteiger charge is -2.11. The van der Waals surface area contributed by atoms with Gasteiger partial charge >= 0.3 is 0 Å². The fourth-order valence-electron chi connectivity index (χ4n) is 2.54. The zero-order valence-electron chi connectivity index (χ0n) is 10.6. The van der Waals surface area contributed by atoms with Crippen LogP contribution in [-0.2, 0) is 11.3 Å². The van der Waals surface area contributed by atoms with E-state index in [1.807, 2.05) is 6.07 Å². The summed E-state index contributed by atoms with van der Waals surface area (Å²) in [7, 11) is 0. The fraction of sp³-hybridized carbons (Fsp3) is 0.417. The first-order valence-corrected chi connectivity index (χ1v) is 6.50. The molecule has 1 saturated heterocycles. The largest absolute Gasteiger partial charge is 0.376 e. The first kappa shape index (κ1) is 11.5. The number of pyridine rings is 1. The molecule has 1 aliphatic rings. The Balaban J connectivity index is 1.85. The van der Waals surface area contributed by atoms with Crippen LogP contribution in [0.15, 0.2) is 23.4 Å². The van der Waals surface area contributed by atoms with Gasteiger partial charge in [-0.05, 0) is 18.9 Å². The van der Waals surface area contributed by atoms with E-state index in [0.29, 0.717) is 23.4 Å². The van der Waals surface area contributed by atoms with Gasteiger partial charge < -0.3 is 9.30 Å². The highest BCUT2D eigenvalue weighted by Gasteiger charge is 2.18. The number of ether oxygens (including phenoxy) is 1. The molecule has 0 amide bonds. The van der Waals surface area contributed by atoms with Gasteiger partial charge in [0.2, 0.25) is 0 Å². The topological polar surface area (TPSA) is 87.2 Å². The van der Waals surface area contributed by atoms with Crippen molar-refractivity contribution in [2.24, 2.45) is 0 Å². The molecule has 1 unspecified atom stereocenters. The summed E-state index contributed by atoms with van der Waals surface area (Å²) in [6.45, 7) is 1.32. The Morgan fingerprint density at radius 2 is 2.35 bits per heavy atom. The molecule has 3 aromatic heterocycles. The summed E-state index contributed by atoms with van der Waals surface area (Å²) >= 11 is 0. The highest BCUT2D eigenvalue weighted by molar-refractivity contribution is 5.74. The number of aromatic nitrogens is 6. The van der Waals surface area contributed by atoms with E-state index < -0.39 is 0 Å². The van der Waals surface area contributed by atoms with Crippen molar-refractivity contribution >= 4 is 16.8 Å². The smallest absolute Gasteiger partial charge is 0.280 e. The van der Waals surface area contributed by atoms with Gasteiger partial charge in [-0.25, -0.2) is 0 Å². The van der Waals surface area contributed by atoms with Crippen molar-refractivity contribution in [1.29, 1.82) is 0 Å². The number of fused-ring (bicyclic) bond motifs is 3. The average molecular weight is 272 g/mol. The molecule has 4 rings (SSSR count). The minimum atomic E-state index is -0.178. The van der Waals surface area contributed by atoms with E-state index in [1.54, 1.807) is 10.8 Å². The van der Waals surface area contributed by atoms with Gasteiger partial charge in [0.25, 0.3) is 11.3 Å². The predicted octanol–water partition coefficient (Wildman–Crippen LogP) is 0.0132. The Labute approximate surface area is 113 Å². The van der Waals surface area contributed by atoms with E-state index in [9.17, 15) is 4.79 Å². The first-order valence-electron chi connectivity index (χ1n) is 6.50. The van der Waals surface area contributed by atoms with E-state index in [0.717, 1.165) is 19.4 Å². The molecule has 1 atom stereocenters. The lowest BCUT2D eigenvalue weighted by atomic mass is 10.2. The van der Waals surface area contributed by atoms with Gasteiger partial charge in [-0.15, -0.1) is 10.2 Å². The molecule has 3 aromatic rings. The second-order valence-corrected chi connectivity index (χ2v) is 4.81. The normalized spacial score (nSPS) is 19.1. The molecule has 0 saturated carbocycles. The number of hydrogen-bond donors (Lipinski definition) is 0. The molecule has 0 aliphatic carbocycles. The van der Waals surface area contributed by atoms with Crippen LogP contribution in [0.4, 0.5) is 0 Å². The Morgan fingerprint density at radius 3 is 3.20 bits per heavy atom. The molecule has 8 heteroatoms. The average Bonchev–Trinajstić information content (AvgIpc) is 3.12. The molecule has 0 N–H and O–H groups in total. The minimum Gasteiger partial charge on any atom is -0.376 e. The van der Waals surface area contributed by atoms with E-state index in [4.69, 9.17) is 4.74 Å². The predicted molar refractivity (Wildman–Crippen MR) is 69.3 cm³/mol. The van der Waals surface area contributed by atoms with Crippen molar-refractivity contribution in [3.63, 3.8) is 0 Å². The van der Waals surface area contributed by atoms with Crippen LogP contribution in [0, 0.1) is 0 Å². The van der Waals surface area contributed by atoms with E-state index in [1.165, 1.54) is 10.8 Å². The SMILES string of the molecule is O=c1c2nnc3ncnn3c2ccn1CC1CCCO1. The third-order valence-electron chi connectivity index (χ3n) is 3.54. The van der Waals surface area contributed by atoms with Crippen LogP contribution in [0.3, 0.4) is 0 Å². The molecule has 4 heterocycles. The molecule has 0 bridgehead atoms. The van der Waals surface area contributed by atoms with Crippen LogP contribution < -0.4 is 5.56 Å². The molecular formula is C12H12N6O2. The van der Waals surface area contributed by atoms with Crippen molar-refractivity contribution in [3.8, 4) is 0 Å². The number of rotatable bonds is 2. The summed E-state index contributed by atoms with van der Waals surface area (Å²) in [6.07, 6.45) is 5.27. The minimum absolute atomic E-state index is 0.105. The summed E-state index contributed by atoms with van der Waals surface area (Å²) in [5.74, 6) is 0.383. The molecule has 1 aliphatic heterocycles. The first-order chi connectivity index (χ1) is 9.83. The van der Waals surface area contributed by atoms with E-state index in [-0.39, 0.29) is 11.7 Å². The molecule has 0 radical (unpaired) electrons. The maximum absolute atomic E-state index is 12.4. The highest BCUT2D eigenvalue weighted by atomic mass is 16.5. The Hall–Kier alpha value is -2.35. The van der Waals surface area contributed by atoms with Crippen molar-refractivity contribution in [3.05, 3.63) is 28.9 Å². The zero-order chi connectivity index (χ0) is 13.5. The molecule has 0 aromatic carbocycles. The second-order valence-electron chi connectivity index (χ2n) is 4.81. The van der Waals surface area contributed by atoms with Crippen LogP contribution >= 0.6 is 0 Å². The van der Waals surface area contributed by atoms with Crippen molar-refractivity contribution < 1.29 is 4.74 Å². The van der Waals surface area contributed by atoms with Gasteiger partial charge in [0, 0.05) is 12.8 Å². The van der Waals surface area contributed by atoms with Crippen molar-refractivity contribution in [1.82, 2.24) is 29.4 Å². The molecule has 1 fully saturated rings. The van der Waals surface area contributed by atoms with Crippen LogP contribution in [0.1, 0.15) is 12.8 Å². The molecule has 0 spiro atoms. The third-order valence-corrected chi connectivity index (χ3v) is 3.54. The maximum atomic E-state index is 12.4. The van der Waals surface area contributed by atoms with Crippen molar-refractivity contribution in [2.45, 2.75) is 25.5 Å². The van der Waals surface area contributed by atoms with Gasteiger partial charge in [0.05, 0.1) is 12.6 Å². The fourth-order valence-corrected chi connectivity index (χ4v) is 2.54. The van der Waals surface area contributed by atoms with Gasteiger partial charge in [-0.2, -0.15) is 14.6 Å². The Kier molecular flexibility index (Phi) is 2.49. The summed E-state index contributed by atoms with van der Waals surface area (Å²) < 4.78 is 8.69. The highest BCUT2D eigenvalue weighted by Crippen LogP contribution is 2.14. The molecular weight excluding hydrogens is 260 g/mol. The summed E-state index contributed by atoms with van der Waals surface area (Å²) in [5, 5.41) is 11.9. The summed E-state index contributed by atoms with van der Waals surface area (Å²) in [6, 6.07) is 1.81. The van der Waals surface area contributed by atoms with Crippen LogP contribution in [0.25, 0.3) is 16.8 Å². The van der Waals surface area contributed by atoms with Crippen LogP contribution in [0.2, 0.25) is 0 Å². The lowest BCUT2D eigenvalue weighted by molar-refractivity contribution is 0.0963. The number of nitrogens with zero attached hydrogens (tertiary/aromatic N) is 6. The van der Waals surface area contributed by atoms with E-state index >= 15 is 0 Å². The lowest BCUT2D eigenvalue weighted by Crippen LogP contribution is -2.27. The van der Waals surface area contributed by atoms with Crippen LogP contribution in [-0.4, -0.2) is 42.1 Å². The summed E-state index contributed by atoms with van der Waals surface area (Å²) in [5.41, 5.74) is 0.729. The number of hydrogen-bond acceptors (Lipinski definition) is 6. The van der Waals surface area contributed by atoms with Gasteiger partial charge in [0.1, 0.15) is 11.8 Å². The van der Waals surface area contributed by atoms with Gasteiger partial charge in [-0.1, -0.05) is 0 Å². The maximum Gasteiger partial charge on any atom is 0.280 e. The Morgan fingerprint density at radius 1 is 1.40 bits per heavy atom. The Bertz CT molecular complexity index is 833. The molecule has 8 nitrogen and oxygen atoms in total. The molecule has 20 heavy (non-hydrogen) atoms. The zero-order valence-corrected chi connectivity index (χ0v) is 10.6. The second kappa shape index (κ2) is 4.34. The standard InChI is InChI=1S/C12H12N6O2/c19-11-10-9(18-12(16-15-10)13-7-14-18)3-4-17(11)6-8-2-1-5-20-8/h3-4,7-8H,1-2,5-6H2. The van der Waals surface area contributed by atoms with Crippen molar-refractivity contribution in [2.75, 3.05) is 6.61 Å². The summed E-state index contributed by atoms with van der Waals surface area (Å²) in [4.78, 5) is 16.4. The van der Waals surface area contributed by atoms with E-state index in [2.05, 4.69) is 20.3 Å². The molecule has 102 valence electrons. The van der Waals surface area contributed by atoms with Gasteiger partial charge in [0.15, 0.2) is 5.52 Å². The van der Waals surface area contributed by atoms with Crippen LogP contribution in [0.5, 0.6) is 0 Å². The third kappa shape index (κ3) is 1.68. The monoisotopic (exact) mass is 272 g/mol. The van der Waals surface area contributed by atoms with Gasteiger partial charge in [-0.3, -0.25) is 4.79 Å².